The number of nitrogens with zero attached hydrogens (tertiary/aromatic N) is 2. The van der Waals surface area contributed by atoms with E-state index in [1.165, 1.54) is 0 Å². The van der Waals surface area contributed by atoms with Crippen LogP contribution in [0.1, 0.15) is 19.3 Å². The normalized spacial score (nSPS) is 30.8. The van der Waals surface area contributed by atoms with Crippen molar-refractivity contribution in [3.8, 4) is 6.07 Å². The molecule has 2 aliphatic rings. The molecule has 0 aromatic carbocycles. The van der Waals surface area contributed by atoms with E-state index in [0.29, 0.717) is 19.7 Å². The van der Waals surface area contributed by atoms with Gasteiger partial charge in [-0.05, 0) is 19.4 Å². The maximum absolute atomic E-state index is 12.1. The summed E-state index contributed by atoms with van der Waals surface area (Å²) >= 11 is 0. The van der Waals surface area contributed by atoms with E-state index in [0.717, 1.165) is 25.8 Å². The highest BCUT2D eigenvalue weighted by molar-refractivity contribution is 5.82. The smallest absolute Gasteiger partial charge is 0.239 e. The van der Waals surface area contributed by atoms with E-state index in [4.69, 9.17) is 10.00 Å². The highest BCUT2D eigenvalue weighted by atomic mass is 16.5. The van der Waals surface area contributed by atoms with Crippen LogP contribution in [0.15, 0.2) is 0 Å². The summed E-state index contributed by atoms with van der Waals surface area (Å²) in [7, 11) is 0. The second kappa shape index (κ2) is 5.28. The van der Waals surface area contributed by atoms with Crippen LogP contribution < -0.4 is 5.32 Å². The van der Waals surface area contributed by atoms with E-state index < -0.39 is 6.10 Å². The van der Waals surface area contributed by atoms with E-state index >= 15 is 0 Å². The van der Waals surface area contributed by atoms with Crippen molar-refractivity contribution in [1.82, 2.24) is 10.2 Å². The SMILES string of the molecule is N#CC1CN(C(=O)C2CCCCN2)CCO1. The Balaban J connectivity index is 1.90. The molecule has 2 atom stereocenters. The lowest BCUT2D eigenvalue weighted by Crippen LogP contribution is -2.53. The minimum Gasteiger partial charge on any atom is -0.360 e. The van der Waals surface area contributed by atoms with Gasteiger partial charge in [0.05, 0.1) is 25.3 Å². The molecule has 0 aliphatic carbocycles. The fourth-order valence-corrected chi connectivity index (χ4v) is 2.21. The Bertz CT molecular complexity index is 294. The zero-order valence-corrected chi connectivity index (χ0v) is 9.32. The highest BCUT2D eigenvalue weighted by Gasteiger charge is 2.29. The lowest BCUT2D eigenvalue weighted by Gasteiger charge is -2.34. The quantitative estimate of drug-likeness (QED) is 0.673. The van der Waals surface area contributed by atoms with Gasteiger partial charge in [0.1, 0.15) is 0 Å². The van der Waals surface area contributed by atoms with Crippen molar-refractivity contribution in [3.63, 3.8) is 0 Å². The summed E-state index contributed by atoms with van der Waals surface area (Å²) in [4.78, 5) is 13.9. The number of nitriles is 1. The van der Waals surface area contributed by atoms with Crippen LogP contribution in [-0.4, -0.2) is 49.2 Å². The van der Waals surface area contributed by atoms with Gasteiger partial charge in [-0.15, -0.1) is 0 Å². The third-order valence-electron chi connectivity index (χ3n) is 3.13. The number of carbonyl (C=O) groups excluding carboxylic acids is 1. The lowest BCUT2D eigenvalue weighted by molar-refractivity contribution is -0.139. The number of hydrogen-bond donors (Lipinski definition) is 1. The molecule has 1 amide bonds. The standard InChI is InChI=1S/C11H17N3O2/c12-7-9-8-14(5-6-16-9)11(15)10-3-1-2-4-13-10/h9-10,13H,1-6,8H2. The van der Waals surface area contributed by atoms with Crippen LogP contribution in [0, 0.1) is 11.3 Å². The molecule has 5 nitrogen and oxygen atoms in total. The van der Waals surface area contributed by atoms with Gasteiger partial charge < -0.3 is 15.0 Å². The first kappa shape index (κ1) is 11.4. The second-order valence-electron chi connectivity index (χ2n) is 4.28. The van der Waals surface area contributed by atoms with E-state index in [2.05, 4.69) is 11.4 Å². The Labute approximate surface area is 95.4 Å². The van der Waals surface area contributed by atoms with Crippen LogP contribution in [0.2, 0.25) is 0 Å². The molecule has 0 radical (unpaired) electrons. The van der Waals surface area contributed by atoms with Crippen molar-refractivity contribution < 1.29 is 9.53 Å². The minimum absolute atomic E-state index is 0.0498. The molecule has 5 heteroatoms. The van der Waals surface area contributed by atoms with Crippen LogP contribution in [0.5, 0.6) is 0 Å². The molecule has 2 unspecified atom stereocenters. The second-order valence-corrected chi connectivity index (χ2v) is 4.28. The summed E-state index contributed by atoms with van der Waals surface area (Å²) in [5, 5.41) is 12.0. The zero-order chi connectivity index (χ0) is 11.4. The van der Waals surface area contributed by atoms with Crippen LogP contribution in [-0.2, 0) is 9.53 Å². The van der Waals surface area contributed by atoms with Crippen molar-refractivity contribution in [2.45, 2.75) is 31.4 Å². The van der Waals surface area contributed by atoms with Gasteiger partial charge in [0, 0.05) is 6.54 Å². The minimum atomic E-state index is -0.457. The van der Waals surface area contributed by atoms with Crippen LogP contribution >= 0.6 is 0 Å². The highest BCUT2D eigenvalue weighted by Crippen LogP contribution is 2.12. The van der Waals surface area contributed by atoms with Crippen molar-refractivity contribution in [1.29, 1.82) is 5.26 Å². The third kappa shape index (κ3) is 2.52. The number of morpholine rings is 1. The molecule has 1 N–H and O–H groups in total. The van der Waals surface area contributed by atoms with Crippen LogP contribution in [0.4, 0.5) is 0 Å². The monoisotopic (exact) mass is 223 g/mol. The topological polar surface area (TPSA) is 65.4 Å². The van der Waals surface area contributed by atoms with Crippen molar-refractivity contribution in [2.24, 2.45) is 0 Å². The number of ether oxygens (including phenoxy) is 1. The Morgan fingerprint density at radius 3 is 3.06 bits per heavy atom. The van der Waals surface area contributed by atoms with Crippen molar-refractivity contribution in [2.75, 3.05) is 26.2 Å². The van der Waals surface area contributed by atoms with Gasteiger partial charge in [0.25, 0.3) is 0 Å². The molecule has 2 heterocycles. The maximum atomic E-state index is 12.1. The number of nitrogens with one attached hydrogen (secondary N) is 1. The van der Waals surface area contributed by atoms with Gasteiger partial charge in [-0.3, -0.25) is 4.79 Å². The number of amides is 1. The zero-order valence-electron chi connectivity index (χ0n) is 9.32. The lowest BCUT2D eigenvalue weighted by atomic mass is 10.0. The molecule has 88 valence electrons. The van der Waals surface area contributed by atoms with Gasteiger partial charge >= 0.3 is 0 Å². The summed E-state index contributed by atoms with van der Waals surface area (Å²) in [5.74, 6) is 0.128. The van der Waals surface area contributed by atoms with E-state index in [1.54, 1.807) is 4.90 Å². The maximum Gasteiger partial charge on any atom is 0.239 e. The van der Waals surface area contributed by atoms with Gasteiger partial charge in [-0.25, -0.2) is 0 Å². The van der Waals surface area contributed by atoms with Crippen molar-refractivity contribution in [3.05, 3.63) is 0 Å². The molecule has 2 fully saturated rings. The van der Waals surface area contributed by atoms with Gasteiger partial charge in [-0.2, -0.15) is 5.26 Å². The first-order valence-electron chi connectivity index (χ1n) is 5.84. The first-order chi connectivity index (χ1) is 7.81. The van der Waals surface area contributed by atoms with Crippen molar-refractivity contribution >= 4 is 5.91 Å². The molecular weight excluding hydrogens is 206 g/mol. The fraction of sp³-hybridized carbons (Fsp3) is 0.818. The average Bonchev–Trinajstić information content (AvgIpc) is 2.39. The molecule has 0 bridgehead atoms. The van der Waals surface area contributed by atoms with Crippen LogP contribution in [0.3, 0.4) is 0 Å². The molecule has 2 rings (SSSR count). The Kier molecular flexibility index (Phi) is 3.75. The number of hydrogen-bond acceptors (Lipinski definition) is 4. The molecule has 2 saturated heterocycles. The Morgan fingerprint density at radius 1 is 1.50 bits per heavy atom. The number of carbonyl (C=O) groups is 1. The van der Waals surface area contributed by atoms with E-state index in [1.807, 2.05) is 0 Å². The predicted molar refractivity (Wildman–Crippen MR) is 57.6 cm³/mol. The van der Waals surface area contributed by atoms with Crippen LogP contribution in [0.25, 0.3) is 0 Å². The Morgan fingerprint density at radius 2 is 2.38 bits per heavy atom. The molecule has 16 heavy (non-hydrogen) atoms. The average molecular weight is 223 g/mol. The first-order valence-corrected chi connectivity index (χ1v) is 5.84. The van der Waals surface area contributed by atoms with E-state index in [-0.39, 0.29) is 11.9 Å². The molecule has 0 saturated carbocycles. The number of rotatable bonds is 1. The molecular formula is C11H17N3O2. The number of piperidine rings is 1. The third-order valence-corrected chi connectivity index (χ3v) is 3.13. The summed E-state index contributed by atoms with van der Waals surface area (Å²) < 4.78 is 5.22. The molecule has 0 spiro atoms. The van der Waals surface area contributed by atoms with Gasteiger partial charge in [0.15, 0.2) is 6.10 Å². The largest absolute Gasteiger partial charge is 0.360 e. The molecule has 0 aromatic heterocycles. The van der Waals surface area contributed by atoms with Gasteiger partial charge in [0.2, 0.25) is 5.91 Å². The van der Waals surface area contributed by atoms with Gasteiger partial charge in [-0.1, -0.05) is 6.42 Å². The summed E-state index contributed by atoms with van der Waals surface area (Å²) in [5.41, 5.74) is 0. The summed E-state index contributed by atoms with van der Waals surface area (Å²) in [6.07, 6.45) is 2.71. The molecule has 2 aliphatic heterocycles. The fourth-order valence-electron chi connectivity index (χ4n) is 2.21. The summed E-state index contributed by atoms with van der Waals surface area (Å²) in [6, 6.07) is 2.01. The predicted octanol–water partition coefficient (Wildman–Crippen LogP) is -0.121. The molecule has 0 aromatic rings. The Hall–Kier alpha value is -1.12. The summed E-state index contributed by atoms with van der Waals surface area (Å²) in [6.45, 7) is 2.40. The van der Waals surface area contributed by atoms with E-state index in [9.17, 15) is 4.79 Å².